The number of esters is 1. The molecule has 0 saturated heterocycles. The van der Waals surface area contributed by atoms with Crippen molar-refractivity contribution >= 4 is 18.6 Å². The average molecular weight is 373 g/mol. The van der Waals surface area contributed by atoms with Crippen molar-refractivity contribution in [2.75, 3.05) is 12.4 Å². The van der Waals surface area contributed by atoms with E-state index in [9.17, 15) is 4.79 Å². The van der Waals surface area contributed by atoms with Crippen molar-refractivity contribution in [3.8, 4) is 0 Å². The highest BCUT2D eigenvalue weighted by atomic mass is 32.1. The van der Waals surface area contributed by atoms with Crippen LogP contribution < -0.4 is 0 Å². The van der Waals surface area contributed by atoms with Gasteiger partial charge in [-0.1, -0.05) is 96.8 Å². The van der Waals surface area contributed by atoms with Crippen LogP contribution in [0, 0.1) is 0 Å². The Labute approximate surface area is 163 Å². The van der Waals surface area contributed by atoms with Crippen molar-refractivity contribution in [1.29, 1.82) is 0 Å². The molecule has 0 aromatic heterocycles. The molecule has 2 nitrogen and oxygen atoms in total. The second-order valence-electron chi connectivity index (χ2n) is 7.35. The quantitative estimate of drug-likeness (QED) is 0.136. The summed E-state index contributed by atoms with van der Waals surface area (Å²) >= 11 is 4.14. The molecule has 0 aromatic carbocycles. The maximum absolute atomic E-state index is 11.5. The summed E-state index contributed by atoms with van der Waals surface area (Å²) in [6.45, 7) is 2.85. The highest BCUT2D eigenvalue weighted by Crippen LogP contribution is 2.13. The van der Waals surface area contributed by atoms with Gasteiger partial charge in [0.05, 0.1) is 6.61 Å². The third kappa shape index (κ3) is 21.8. The van der Waals surface area contributed by atoms with Crippen LogP contribution in [0.4, 0.5) is 0 Å². The zero-order valence-electron chi connectivity index (χ0n) is 16.9. The minimum Gasteiger partial charge on any atom is -0.466 e. The first-order valence-corrected chi connectivity index (χ1v) is 11.7. The fourth-order valence-corrected chi connectivity index (χ4v) is 3.34. The lowest BCUT2D eigenvalue weighted by molar-refractivity contribution is -0.143. The first-order chi connectivity index (χ1) is 12.3. The van der Waals surface area contributed by atoms with Gasteiger partial charge in [0.15, 0.2) is 0 Å². The van der Waals surface area contributed by atoms with Gasteiger partial charge in [0, 0.05) is 6.42 Å². The molecule has 0 atom stereocenters. The van der Waals surface area contributed by atoms with Gasteiger partial charge in [0.2, 0.25) is 0 Å². The molecular weight excluding hydrogens is 328 g/mol. The number of thiol groups is 1. The Morgan fingerprint density at radius 1 is 0.640 bits per heavy atom. The number of carbonyl (C=O) groups excluding carboxylic acids is 1. The summed E-state index contributed by atoms with van der Waals surface area (Å²) in [4.78, 5) is 11.5. The standard InChI is InChI=1S/C22H44O2S/c1-2-3-4-5-6-7-8-9-10-11-12-13-14-15-16-19-22(23)24-20-17-18-21-25/h25H,2-21H2,1H3. The third-order valence-electron chi connectivity index (χ3n) is 4.80. The van der Waals surface area contributed by atoms with Crippen LogP contribution in [0.15, 0.2) is 0 Å². The van der Waals surface area contributed by atoms with Crippen LogP contribution in [0.1, 0.15) is 122 Å². The number of hydrogen-bond acceptors (Lipinski definition) is 3. The molecule has 0 fully saturated rings. The predicted octanol–water partition coefficient (Wildman–Crippen LogP) is 7.50. The van der Waals surface area contributed by atoms with Gasteiger partial charge >= 0.3 is 5.97 Å². The maximum Gasteiger partial charge on any atom is 0.305 e. The second-order valence-corrected chi connectivity index (χ2v) is 7.80. The van der Waals surface area contributed by atoms with Crippen LogP contribution in [0.3, 0.4) is 0 Å². The van der Waals surface area contributed by atoms with Crippen molar-refractivity contribution < 1.29 is 9.53 Å². The summed E-state index contributed by atoms with van der Waals surface area (Å²) in [5, 5.41) is 0. The minimum atomic E-state index is -0.0196. The van der Waals surface area contributed by atoms with Gasteiger partial charge in [-0.25, -0.2) is 0 Å². The van der Waals surface area contributed by atoms with Crippen LogP contribution in [0.2, 0.25) is 0 Å². The number of ether oxygens (including phenoxy) is 1. The number of rotatable bonds is 20. The topological polar surface area (TPSA) is 26.3 Å². The van der Waals surface area contributed by atoms with E-state index >= 15 is 0 Å². The summed E-state index contributed by atoms with van der Waals surface area (Å²) in [7, 11) is 0. The first kappa shape index (κ1) is 24.8. The molecule has 0 aliphatic rings. The number of carbonyl (C=O) groups is 1. The molecule has 0 amide bonds. The van der Waals surface area contributed by atoms with Gasteiger partial charge in [-0.15, -0.1) is 0 Å². The molecule has 0 spiro atoms. The highest BCUT2D eigenvalue weighted by Gasteiger charge is 2.02. The van der Waals surface area contributed by atoms with Gasteiger partial charge in [-0.05, 0) is 25.0 Å². The summed E-state index contributed by atoms with van der Waals surface area (Å²) in [5.41, 5.74) is 0. The minimum absolute atomic E-state index is 0.0196. The smallest absolute Gasteiger partial charge is 0.305 e. The van der Waals surface area contributed by atoms with Gasteiger partial charge < -0.3 is 4.74 Å². The van der Waals surface area contributed by atoms with E-state index in [1.807, 2.05) is 0 Å². The van der Waals surface area contributed by atoms with E-state index in [-0.39, 0.29) is 5.97 Å². The molecule has 3 heteroatoms. The van der Waals surface area contributed by atoms with Crippen LogP contribution in [0.25, 0.3) is 0 Å². The van der Waals surface area contributed by atoms with E-state index < -0.39 is 0 Å². The van der Waals surface area contributed by atoms with Crippen molar-refractivity contribution in [3.05, 3.63) is 0 Å². The monoisotopic (exact) mass is 372 g/mol. The SMILES string of the molecule is CCCCCCCCCCCCCCCCCC(=O)OCCCCS. The lowest BCUT2D eigenvalue weighted by Gasteiger charge is -2.05. The fourth-order valence-electron chi connectivity index (χ4n) is 3.11. The van der Waals surface area contributed by atoms with Crippen molar-refractivity contribution in [1.82, 2.24) is 0 Å². The molecule has 25 heavy (non-hydrogen) atoms. The zero-order chi connectivity index (χ0) is 18.4. The zero-order valence-corrected chi connectivity index (χ0v) is 17.8. The molecule has 150 valence electrons. The molecule has 0 unspecified atom stereocenters. The maximum atomic E-state index is 11.5. The fraction of sp³-hybridized carbons (Fsp3) is 0.955. The third-order valence-corrected chi connectivity index (χ3v) is 5.12. The van der Waals surface area contributed by atoms with E-state index in [4.69, 9.17) is 4.74 Å². The largest absolute Gasteiger partial charge is 0.466 e. The Kier molecular flexibility index (Phi) is 21.7. The molecule has 0 aliphatic carbocycles. The highest BCUT2D eigenvalue weighted by molar-refractivity contribution is 7.80. The van der Waals surface area contributed by atoms with E-state index in [1.165, 1.54) is 89.9 Å². The van der Waals surface area contributed by atoms with Gasteiger partial charge in [-0.3, -0.25) is 4.79 Å². The Balaban J connectivity index is 3.08. The second kappa shape index (κ2) is 21.9. The Morgan fingerprint density at radius 2 is 1.08 bits per heavy atom. The van der Waals surface area contributed by atoms with Crippen LogP contribution in [0.5, 0.6) is 0 Å². The summed E-state index contributed by atoms with van der Waals surface area (Å²) in [6, 6.07) is 0. The summed E-state index contributed by atoms with van der Waals surface area (Å²) < 4.78 is 5.19. The summed E-state index contributed by atoms with van der Waals surface area (Å²) in [5.74, 6) is 0.852. The van der Waals surface area contributed by atoms with Crippen LogP contribution in [-0.2, 0) is 9.53 Å². The number of unbranched alkanes of at least 4 members (excludes halogenated alkanes) is 15. The molecule has 0 heterocycles. The van der Waals surface area contributed by atoms with E-state index in [0.29, 0.717) is 13.0 Å². The number of hydrogen-bond donors (Lipinski definition) is 1. The molecular formula is C22H44O2S. The molecule has 0 aliphatic heterocycles. The van der Waals surface area contributed by atoms with Crippen molar-refractivity contribution in [2.45, 2.75) is 122 Å². The average Bonchev–Trinajstić information content (AvgIpc) is 2.62. The molecule has 0 N–H and O–H groups in total. The predicted molar refractivity (Wildman–Crippen MR) is 114 cm³/mol. The van der Waals surface area contributed by atoms with E-state index in [1.54, 1.807) is 0 Å². The van der Waals surface area contributed by atoms with Crippen molar-refractivity contribution in [3.63, 3.8) is 0 Å². The summed E-state index contributed by atoms with van der Waals surface area (Å²) in [6.07, 6.45) is 22.9. The Bertz CT molecular complexity index is 269. The molecule has 0 bridgehead atoms. The Morgan fingerprint density at radius 3 is 1.52 bits per heavy atom. The Hall–Kier alpha value is -0.180. The lowest BCUT2D eigenvalue weighted by Crippen LogP contribution is -2.05. The van der Waals surface area contributed by atoms with Crippen molar-refractivity contribution in [2.24, 2.45) is 0 Å². The normalized spacial score (nSPS) is 11.0. The molecule has 0 aromatic rings. The van der Waals surface area contributed by atoms with E-state index in [2.05, 4.69) is 19.6 Å². The van der Waals surface area contributed by atoms with Gasteiger partial charge in [0.1, 0.15) is 0 Å². The van der Waals surface area contributed by atoms with Crippen LogP contribution in [-0.4, -0.2) is 18.3 Å². The van der Waals surface area contributed by atoms with Crippen LogP contribution >= 0.6 is 12.6 Å². The molecule has 0 saturated carbocycles. The van der Waals surface area contributed by atoms with Gasteiger partial charge in [0.25, 0.3) is 0 Å². The van der Waals surface area contributed by atoms with E-state index in [0.717, 1.165) is 25.0 Å². The molecule has 0 radical (unpaired) electrons. The lowest BCUT2D eigenvalue weighted by atomic mass is 10.0. The first-order valence-electron chi connectivity index (χ1n) is 11.1. The molecule has 0 rings (SSSR count). The van der Waals surface area contributed by atoms with Gasteiger partial charge in [-0.2, -0.15) is 12.6 Å².